The number of likely N-dealkylation sites (tertiary alicyclic amines) is 1. The van der Waals surface area contributed by atoms with Crippen LogP contribution in [-0.4, -0.2) is 28.7 Å². The molecule has 0 aromatic heterocycles. The highest BCUT2D eigenvalue weighted by Gasteiger charge is 2.22. The van der Waals surface area contributed by atoms with Gasteiger partial charge in [-0.1, -0.05) is 33.6 Å². The molecule has 0 bridgehead atoms. The summed E-state index contributed by atoms with van der Waals surface area (Å²) in [5.41, 5.74) is 1.94. The first-order chi connectivity index (χ1) is 7.66. The minimum absolute atomic E-state index is 0.160. The first-order valence-corrected chi connectivity index (χ1v) is 6.58. The van der Waals surface area contributed by atoms with Crippen molar-refractivity contribution in [1.29, 1.82) is 0 Å². The molecule has 1 fully saturated rings. The standard InChI is InChI=1S/C13H16BrNO/c1-10-4-2-5-11(8-10)13(16)15-7-3-6-12(14)9-15/h2,4-5,8,12H,3,6-7,9H2,1H3. The Morgan fingerprint density at radius 1 is 1.50 bits per heavy atom. The number of rotatable bonds is 1. The van der Waals surface area contributed by atoms with Crippen molar-refractivity contribution in [2.75, 3.05) is 13.1 Å². The van der Waals surface area contributed by atoms with Gasteiger partial charge in [0.05, 0.1) is 0 Å². The van der Waals surface area contributed by atoms with Crippen LogP contribution in [0.2, 0.25) is 0 Å². The summed E-state index contributed by atoms with van der Waals surface area (Å²) < 4.78 is 0. The average molecular weight is 282 g/mol. The number of aryl methyl sites for hydroxylation is 1. The van der Waals surface area contributed by atoms with Crippen LogP contribution in [0.15, 0.2) is 24.3 Å². The van der Waals surface area contributed by atoms with Crippen LogP contribution in [-0.2, 0) is 0 Å². The van der Waals surface area contributed by atoms with Crippen LogP contribution >= 0.6 is 15.9 Å². The zero-order chi connectivity index (χ0) is 11.5. The SMILES string of the molecule is Cc1cccc(C(=O)N2CCCC(Br)C2)c1. The molecule has 0 radical (unpaired) electrons. The summed E-state index contributed by atoms with van der Waals surface area (Å²) in [6.07, 6.45) is 2.26. The predicted octanol–water partition coefficient (Wildman–Crippen LogP) is 2.99. The molecule has 1 heterocycles. The second-order valence-electron chi connectivity index (χ2n) is 4.36. The number of amides is 1. The molecule has 86 valence electrons. The van der Waals surface area contributed by atoms with Crippen LogP contribution < -0.4 is 0 Å². The lowest BCUT2D eigenvalue weighted by Gasteiger charge is -2.30. The molecule has 2 nitrogen and oxygen atoms in total. The van der Waals surface area contributed by atoms with Gasteiger partial charge in [0.25, 0.3) is 5.91 Å². The molecule has 1 saturated heterocycles. The van der Waals surface area contributed by atoms with Gasteiger partial charge >= 0.3 is 0 Å². The second-order valence-corrected chi connectivity index (χ2v) is 5.66. The summed E-state index contributed by atoms with van der Waals surface area (Å²) >= 11 is 3.59. The zero-order valence-electron chi connectivity index (χ0n) is 9.45. The lowest BCUT2D eigenvalue weighted by atomic mass is 10.1. The zero-order valence-corrected chi connectivity index (χ0v) is 11.0. The molecule has 0 N–H and O–H groups in total. The van der Waals surface area contributed by atoms with Gasteiger partial charge < -0.3 is 4.90 Å². The van der Waals surface area contributed by atoms with E-state index in [-0.39, 0.29) is 5.91 Å². The number of nitrogens with zero attached hydrogens (tertiary/aromatic N) is 1. The summed E-state index contributed by atoms with van der Waals surface area (Å²) in [6, 6.07) is 7.81. The van der Waals surface area contributed by atoms with E-state index < -0.39 is 0 Å². The normalized spacial score (nSPS) is 20.9. The molecule has 1 unspecified atom stereocenters. The quantitative estimate of drug-likeness (QED) is 0.725. The van der Waals surface area contributed by atoms with E-state index in [1.54, 1.807) is 0 Å². The lowest BCUT2D eigenvalue weighted by Crippen LogP contribution is -2.40. The summed E-state index contributed by atoms with van der Waals surface area (Å²) in [5, 5.41) is 0. The molecule has 16 heavy (non-hydrogen) atoms. The van der Waals surface area contributed by atoms with Crippen molar-refractivity contribution in [3.63, 3.8) is 0 Å². The Hall–Kier alpha value is -0.830. The number of hydrogen-bond donors (Lipinski definition) is 0. The minimum atomic E-state index is 0.160. The van der Waals surface area contributed by atoms with E-state index in [0.29, 0.717) is 4.83 Å². The van der Waals surface area contributed by atoms with E-state index in [9.17, 15) is 4.79 Å². The molecule has 1 aromatic carbocycles. The van der Waals surface area contributed by atoms with Crippen molar-refractivity contribution < 1.29 is 4.79 Å². The fourth-order valence-corrected chi connectivity index (χ4v) is 2.74. The van der Waals surface area contributed by atoms with Crippen LogP contribution in [0.1, 0.15) is 28.8 Å². The summed E-state index contributed by atoms with van der Waals surface area (Å²) in [6.45, 7) is 3.72. The number of carbonyl (C=O) groups excluding carboxylic acids is 1. The van der Waals surface area contributed by atoms with Crippen molar-refractivity contribution in [1.82, 2.24) is 4.90 Å². The molecule has 1 aliphatic heterocycles. The van der Waals surface area contributed by atoms with Gasteiger partial charge in [-0.05, 0) is 31.9 Å². The van der Waals surface area contributed by atoms with E-state index in [1.165, 1.54) is 0 Å². The van der Waals surface area contributed by atoms with E-state index in [2.05, 4.69) is 15.9 Å². The number of benzene rings is 1. The monoisotopic (exact) mass is 281 g/mol. The Labute approximate surface area is 105 Å². The van der Waals surface area contributed by atoms with Gasteiger partial charge in [-0.25, -0.2) is 0 Å². The molecule has 0 aliphatic carbocycles. The Balaban J connectivity index is 2.12. The van der Waals surface area contributed by atoms with Gasteiger partial charge in [0, 0.05) is 23.5 Å². The average Bonchev–Trinajstić information content (AvgIpc) is 2.28. The Kier molecular flexibility index (Phi) is 3.64. The van der Waals surface area contributed by atoms with E-state index >= 15 is 0 Å². The van der Waals surface area contributed by atoms with Gasteiger partial charge in [-0.2, -0.15) is 0 Å². The largest absolute Gasteiger partial charge is 0.338 e. The number of halogens is 1. The molecular weight excluding hydrogens is 266 g/mol. The van der Waals surface area contributed by atoms with Crippen LogP contribution in [0, 0.1) is 6.92 Å². The van der Waals surface area contributed by atoms with Crippen LogP contribution in [0.5, 0.6) is 0 Å². The van der Waals surface area contributed by atoms with Gasteiger partial charge in [-0.3, -0.25) is 4.79 Å². The van der Waals surface area contributed by atoms with Gasteiger partial charge in [0.1, 0.15) is 0 Å². The highest BCUT2D eigenvalue weighted by Crippen LogP contribution is 2.19. The van der Waals surface area contributed by atoms with Crippen LogP contribution in [0.3, 0.4) is 0 Å². The Morgan fingerprint density at radius 2 is 2.31 bits per heavy atom. The van der Waals surface area contributed by atoms with Crippen molar-refractivity contribution in [3.8, 4) is 0 Å². The number of piperidine rings is 1. The summed E-state index contributed by atoms with van der Waals surface area (Å²) in [7, 11) is 0. The molecule has 0 spiro atoms. The summed E-state index contributed by atoms with van der Waals surface area (Å²) in [5.74, 6) is 0.160. The maximum absolute atomic E-state index is 12.2. The highest BCUT2D eigenvalue weighted by molar-refractivity contribution is 9.09. The number of alkyl halides is 1. The molecule has 2 rings (SSSR count). The topological polar surface area (TPSA) is 20.3 Å². The second kappa shape index (κ2) is 5.00. The Morgan fingerprint density at radius 3 is 3.00 bits per heavy atom. The third kappa shape index (κ3) is 2.64. The van der Waals surface area contributed by atoms with Crippen molar-refractivity contribution >= 4 is 21.8 Å². The number of hydrogen-bond acceptors (Lipinski definition) is 1. The third-order valence-corrected chi connectivity index (χ3v) is 3.66. The first kappa shape index (κ1) is 11.6. The Bertz CT molecular complexity index is 391. The van der Waals surface area contributed by atoms with Gasteiger partial charge in [0.15, 0.2) is 0 Å². The molecule has 1 aliphatic rings. The molecule has 1 atom stereocenters. The van der Waals surface area contributed by atoms with Crippen LogP contribution in [0.25, 0.3) is 0 Å². The van der Waals surface area contributed by atoms with Crippen LogP contribution in [0.4, 0.5) is 0 Å². The van der Waals surface area contributed by atoms with E-state index in [4.69, 9.17) is 0 Å². The van der Waals surface area contributed by atoms with Crippen molar-refractivity contribution in [2.45, 2.75) is 24.6 Å². The van der Waals surface area contributed by atoms with E-state index in [1.807, 2.05) is 36.1 Å². The maximum atomic E-state index is 12.2. The minimum Gasteiger partial charge on any atom is -0.338 e. The number of carbonyl (C=O) groups is 1. The molecule has 3 heteroatoms. The lowest BCUT2D eigenvalue weighted by molar-refractivity contribution is 0.0730. The van der Waals surface area contributed by atoms with Gasteiger partial charge in [-0.15, -0.1) is 0 Å². The van der Waals surface area contributed by atoms with Crippen molar-refractivity contribution in [3.05, 3.63) is 35.4 Å². The smallest absolute Gasteiger partial charge is 0.253 e. The van der Waals surface area contributed by atoms with Crippen molar-refractivity contribution in [2.24, 2.45) is 0 Å². The maximum Gasteiger partial charge on any atom is 0.253 e. The summed E-state index contributed by atoms with van der Waals surface area (Å²) in [4.78, 5) is 14.6. The third-order valence-electron chi connectivity index (χ3n) is 2.92. The highest BCUT2D eigenvalue weighted by atomic mass is 79.9. The van der Waals surface area contributed by atoms with Gasteiger partial charge in [0.2, 0.25) is 0 Å². The van der Waals surface area contributed by atoms with E-state index in [0.717, 1.165) is 37.1 Å². The fraction of sp³-hybridized carbons (Fsp3) is 0.462. The fourth-order valence-electron chi connectivity index (χ4n) is 2.07. The molecule has 1 amide bonds. The first-order valence-electron chi connectivity index (χ1n) is 5.67. The molecule has 0 saturated carbocycles. The predicted molar refractivity (Wildman–Crippen MR) is 69.0 cm³/mol. The molecular formula is C13H16BrNO. The molecule has 1 aromatic rings.